The van der Waals surface area contributed by atoms with E-state index in [4.69, 9.17) is 14.2 Å². The average molecular weight is 384 g/mol. The second-order valence-corrected chi connectivity index (χ2v) is 5.59. The lowest BCUT2D eigenvalue weighted by atomic mass is 10.1. The van der Waals surface area contributed by atoms with E-state index in [2.05, 4.69) is 20.9 Å². The number of benzene rings is 1. The lowest BCUT2D eigenvalue weighted by Crippen LogP contribution is -2.06. The molecule has 23 heavy (non-hydrogen) atoms. The highest BCUT2D eigenvalue weighted by molar-refractivity contribution is 9.10. The maximum absolute atomic E-state index is 11.8. The Labute approximate surface area is 142 Å². The Morgan fingerprint density at radius 2 is 2.13 bits per heavy atom. The molecule has 124 valence electrons. The molecule has 1 aromatic carbocycles. The molecule has 0 aliphatic heterocycles. The van der Waals surface area contributed by atoms with Crippen LogP contribution in [0.3, 0.4) is 0 Å². The van der Waals surface area contributed by atoms with Crippen molar-refractivity contribution in [1.29, 1.82) is 0 Å². The Morgan fingerprint density at radius 3 is 2.83 bits per heavy atom. The minimum absolute atomic E-state index is 0.0417. The van der Waals surface area contributed by atoms with E-state index < -0.39 is 5.97 Å². The van der Waals surface area contributed by atoms with E-state index in [1.807, 2.05) is 0 Å². The molecule has 0 aliphatic carbocycles. The first-order valence-corrected chi connectivity index (χ1v) is 7.97. The fraction of sp³-hybridized carbons (Fsp3) is 0.375. The van der Waals surface area contributed by atoms with Gasteiger partial charge >= 0.3 is 5.97 Å². The quantitative estimate of drug-likeness (QED) is 0.583. The van der Waals surface area contributed by atoms with Crippen LogP contribution < -0.4 is 4.74 Å². The van der Waals surface area contributed by atoms with E-state index in [0.29, 0.717) is 34.3 Å². The molecule has 0 spiro atoms. The summed E-state index contributed by atoms with van der Waals surface area (Å²) < 4.78 is 16.2. The third-order valence-electron chi connectivity index (χ3n) is 3.14. The summed E-state index contributed by atoms with van der Waals surface area (Å²) in [5, 5.41) is 10.7. The standard InChI is InChI=1S/C16H18BrNO5/c1-3-22-16(20)11-9-18-13-8-14(23-6-4-5-21-2)12(17)7-10(13)15(11)19/h7-9H,3-6H2,1-2H3,(H,18,19). The van der Waals surface area contributed by atoms with Gasteiger partial charge in [0, 0.05) is 37.8 Å². The van der Waals surface area contributed by atoms with Crippen molar-refractivity contribution in [3.05, 3.63) is 28.4 Å². The molecule has 0 saturated carbocycles. The summed E-state index contributed by atoms with van der Waals surface area (Å²) in [5.41, 5.74) is 0.570. The molecule has 0 atom stereocenters. The molecule has 2 rings (SSSR count). The van der Waals surface area contributed by atoms with Crippen LogP contribution in [0.15, 0.2) is 22.8 Å². The zero-order valence-corrected chi connectivity index (χ0v) is 14.6. The Hall–Kier alpha value is -1.86. The molecule has 0 amide bonds. The summed E-state index contributed by atoms with van der Waals surface area (Å²) in [7, 11) is 1.64. The van der Waals surface area contributed by atoms with E-state index in [1.165, 1.54) is 6.20 Å². The predicted molar refractivity (Wildman–Crippen MR) is 89.1 cm³/mol. The number of methoxy groups -OCH3 is 1. The number of pyridine rings is 1. The average Bonchev–Trinajstić information content (AvgIpc) is 2.53. The van der Waals surface area contributed by atoms with Gasteiger partial charge in [0.2, 0.25) is 0 Å². The monoisotopic (exact) mass is 383 g/mol. The number of hydrogen-bond acceptors (Lipinski definition) is 6. The topological polar surface area (TPSA) is 77.9 Å². The van der Waals surface area contributed by atoms with Crippen LogP contribution in [0.4, 0.5) is 0 Å². The van der Waals surface area contributed by atoms with E-state index >= 15 is 0 Å². The van der Waals surface area contributed by atoms with Crippen LogP contribution in [0, 0.1) is 0 Å². The van der Waals surface area contributed by atoms with Crippen molar-refractivity contribution in [3.63, 3.8) is 0 Å². The molecule has 0 saturated heterocycles. The normalized spacial score (nSPS) is 10.7. The van der Waals surface area contributed by atoms with Gasteiger partial charge in [-0.3, -0.25) is 4.98 Å². The molecule has 0 fully saturated rings. The Morgan fingerprint density at radius 1 is 1.35 bits per heavy atom. The smallest absolute Gasteiger partial charge is 0.343 e. The van der Waals surface area contributed by atoms with Gasteiger partial charge in [-0.25, -0.2) is 4.79 Å². The third kappa shape index (κ3) is 4.11. The second-order valence-electron chi connectivity index (χ2n) is 4.74. The third-order valence-corrected chi connectivity index (χ3v) is 3.76. The second kappa shape index (κ2) is 8.12. The highest BCUT2D eigenvalue weighted by Crippen LogP contribution is 2.35. The lowest BCUT2D eigenvalue weighted by Gasteiger charge is -2.11. The number of esters is 1. The maximum Gasteiger partial charge on any atom is 0.343 e. The molecule has 0 aliphatic rings. The SMILES string of the molecule is CCOC(=O)c1cnc2cc(OCCCOC)c(Br)cc2c1O. The van der Waals surface area contributed by atoms with Crippen LogP contribution in [0.1, 0.15) is 23.7 Å². The fourth-order valence-electron chi connectivity index (χ4n) is 2.03. The minimum Gasteiger partial charge on any atom is -0.506 e. The van der Waals surface area contributed by atoms with Gasteiger partial charge in [-0.1, -0.05) is 0 Å². The van der Waals surface area contributed by atoms with Gasteiger partial charge in [0.05, 0.1) is 23.2 Å². The summed E-state index contributed by atoms with van der Waals surface area (Å²) in [4.78, 5) is 16.0. The van der Waals surface area contributed by atoms with Crippen molar-refractivity contribution in [1.82, 2.24) is 4.98 Å². The van der Waals surface area contributed by atoms with Crippen LogP contribution in [-0.4, -0.2) is 43.0 Å². The molecule has 0 radical (unpaired) electrons. The molecule has 0 unspecified atom stereocenters. The van der Waals surface area contributed by atoms with Crippen LogP contribution in [0.5, 0.6) is 11.5 Å². The van der Waals surface area contributed by atoms with Crippen molar-refractivity contribution >= 4 is 32.8 Å². The first-order chi connectivity index (χ1) is 11.1. The van der Waals surface area contributed by atoms with Gasteiger partial charge in [0.1, 0.15) is 17.1 Å². The van der Waals surface area contributed by atoms with E-state index in [0.717, 1.165) is 6.42 Å². The van der Waals surface area contributed by atoms with E-state index in [9.17, 15) is 9.90 Å². The van der Waals surface area contributed by atoms with Gasteiger partial charge < -0.3 is 19.3 Å². The maximum atomic E-state index is 11.8. The number of halogens is 1. The van der Waals surface area contributed by atoms with Crippen molar-refractivity contribution in [2.24, 2.45) is 0 Å². The van der Waals surface area contributed by atoms with Gasteiger partial charge in [-0.15, -0.1) is 0 Å². The molecule has 1 aromatic heterocycles. The minimum atomic E-state index is -0.601. The van der Waals surface area contributed by atoms with Crippen LogP contribution in [0.25, 0.3) is 10.9 Å². The Kier molecular flexibility index (Phi) is 6.18. The number of aromatic nitrogens is 1. The number of hydrogen-bond donors (Lipinski definition) is 1. The molecular weight excluding hydrogens is 366 g/mol. The number of nitrogens with zero attached hydrogens (tertiary/aromatic N) is 1. The number of fused-ring (bicyclic) bond motifs is 1. The highest BCUT2D eigenvalue weighted by Gasteiger charge is 2.17. The fourth-order valence-corrected chi connectivity index (χ4v) is 2.49. The first kappa shape index (κ1) is 17.5. The molecular formula is C16H18BrNO5. The van der Waals surface area contributed by atoms with E-state index in [1.54, 1.807) is 26.2 Å². The summed E-state index contributed by atoms with van der Waals surface area (Å²) in [6.45, 7) is 3.06. The summed E-state index contributed by atoms with van der Waals surface area (Å²) in [5.74, 6) is -0.139. The Balaban J connectivity index is 2.31. The van der Waals surface area contributed by atoms with Gasteiger partial charge in [0.15, 0.2) is 0 Å². The van der Waals surface area contributed by atoms with E-state index in [-0.39, 0.29) is 17.9 Å². The predicted octanol–water partition coefficient (Wildman–Crippen LogP) is 3.29. The first-order valence-electron chi connectivity index (χ1n) is 7.18. The number of rotatable bonds is 7. The number of carbonyl (C=O) groups excluding carboxylic acids is 1. The van der Waals surface area contributed by atoms with Gasteiger partial charge in [-0.05, 0) is 28.9 Å². The van der Waals surface area contributed by atoms with Crippen molar-refractivity contribution in [3.8, 4) is 11.5 Å². The molecule has 0 bridgehead atoms. The zero-order valence-electron chi connectivity index (χ0n) is 13.0. The highest BCUT2D eigenvalue weighted by atomic mass is 79.9. The van der Waals surface area contributed by atoms with Gasteiger partial charge in [-0.2, -0.15) is 0 Å². The molecule has 1 N–H and O–H groups in total. The summed E-state index contributed by atoms with van der Waals surface area (Å²) in [6, 6.07) is 3.38. The largest absolute Gasteiger partial charge is 0.506 e. The molecule has 2 aromatic rings. The number of carbonyl (C=O) groups is 1. The number of ether oxygens (including phenoxy) is 3. The van der Waals surface area contributed by atoms with Crippen molar-refractivity contribution in [2.45, 2.75) is 13.3 Å². The van der Waals surface area contributed by atoms with Crippen LogP contribution >= 0.6 is 15.9 Å². The Bertz CT molecular complexity index is 704. The molecule has 1 heterocycles. The summed E-state index contributed by atoms with van der Waals surface area (Å²) >= 11 is 3.40. The van der Waals surface area contributed by atoms with Crippen LogP contribution in [-0.2, 0) is 9.47 Å². The molecule has 6 nitrogen and oxygen atoms in total. The summed E-state index contributed by atoms with van der Waals surface area (Å²) in [6.07, 6.45) is 2.07. The zero-order chi connectivity index (χ0) is 16.8. The van der Waals surface area contributed by atoms with Crippen molar-refractivity contribution < 1.29 is 24.1 Å². The van der Waals surface area contributed by atoms with Gasteiger partial charge in [0.25, 0.3) is 0 Å². The van der Waals surface area contributed by atoms with Crippen molar-refractivity contribution in [2.75, 3.05) is 26.9 Å². The number of aromatic hydroxyl groups is 1. The van der Waals surface area contributed by atoms with Crippen LogP contribution in [0.2, 0.25) is 0 Å². The molecule has 7 heteroatoms. The lowest BCUT2D eigenvalue weighted by molar-refractivity contribution is 0.0523.